The van der Waals surface area contributed by atoms with Crippen LogP contribution >= 0.6 is 0 Å². The molecule has 0 fully saturated rings. The molecule has 0 atom stereocenters. The Labute approximate surface area is 170 Å². The number of benzene rings is 2. The number of amides is 1. The first-order valence-corrected chi connectivity index (χ1v) is 10.7. The van der Waals surface area contributed by atoms with Gasteiger partial charge in [-0.25, -0.2) is 8.42 Å². The van der Waals surface area contributed by atoms with E-state index in [-0.39, 0.29) is 10.8 Å². The monoisotopic (exact) mass is 413 g/mol. The number of sulfonamides is 1. The average molecular weight is 414 g/mol. The number of carbonyl (C=O) groups excluding carboxylic acids is 1. The lowest BCUT2D eigenvalue weighted by molar-refractivity contribution is 0.0954. The Bertz CT molecular complexity index is 1090. The Morgan fingerprint density at radius 3 is 2.52 bits per heavy atom. The number of aryl methyl sites for hydroxylation is 2. The highest BCUT2D eigenvalue weighted by Crippen LogP contribution is 2.19. The fourth-order valence-corrected chi connectivity index (χ4v) is 3.93. The van der Waals surface area contributed by atoms with Crippen LogP contribution in [-0.4, -0.2) is 35.6 Å². The van der Waals surface area contributed by atoms with Gasteiger partial charge < -0.3 is 9.88 Å². The first kappa shape index (κ1) is 20.5. The van der Waals surface area contributed by atoms with E-state index in [4.69, 9.17) is 0 Å². The predicted molar refractivity (Wildman–Crippen MR) is 110 cm³/mol. The van der Waals surface area contributed by atoms with E-state index in [1.165, 1.54) is 24.3 Å². The molecule has 3 rings (SSSR count). The normalized spacial score (nSPS) is 11.2. The van der Waals surface area contributed by atoms with Gasteiger partial charge in [-0.2, -0.15) is 0 Å². The summed E-state index contributed by atoms with van der Waals surface area (Å²) in [6.07, 6.45) is 2.22. The zero-order valence-corrected chi connectivity index (χ0v) is 17.1. The van der Waals surface area contributed by atoms with Gasteiger partial charge in [-0.05, 0) is 49.7 Å². The van der Waals surface area contributed by atoms with Crippen molar-refractivity contribution in [2.24, 2.45) is 0 Å². The topological polar surface area (TPSA) is 106 Å². The molecule has 0 aliphatic rings. The van der Waals surface area contributed by atoms with Crippen molar-refractivity contribution in [1.82, 2.24) is 20.1 Å². The molecular weight excluding hydrogens is 390 g/mol. The predicted octanol–water partition coefficient (Wildman–Crippen LogP) is 2.38. The summed E-state index contributed by atoms with van der Waals surface area (Å²) in [5, 5.41) is 10.7. The summed E-state index contributed by atoms with van der Waals surface area (Å²) in [4.78, 5) is 12.4. The van der Waals surface area contributed by atoms with E-state index in [1.54, 1.807) is 18.5 Å². The van der Waals surface area contributed by atoms with Gasteiger partial charge in [-0.15, -0.1) is 10.2 Å². The second-order valence-corrected chi connectivity index (χ2v) is 8.17. The maximum absolute atomic E-state index is 12.6. The fourth-order valence-electron chi connectivity index (χ4n) is 2.80. The molecule has 3 aromatic rings. The molecule has 1 heterocycles. The summed E-state index contributed by atoms with van der Waals surface area (Å²) in [5.41, 5.74) is 1.73. The van der Waals surface area contributed by atoms with Crippen molar-refractivity contribution in [1.29, 1.82) is 0 Å². The van der Waals surface area contributed by atoms with Gasteiger partial charge in [0.1, 0.15) is 12.2 Å². The van der Waals surface area contributed by atoms with Crippen LogP contribution in [0.3, 0.4) is 0 Å². The lowest BCUT2D eigenvalue weighted by Gasteiger charge is -2.11. The molecule has 0 spiro atoms. The molecule has 1 amide bonds. The third kappa shape index (κ3) is 5.00. The smallest absolute Gasteiger partial charge is 0.261 e. The minimum atomic E-state index is -3.73. The van der Waals surface area contributed by atoms with E-state index in [0.717, 1.165) is 17.9 Å². The van der Waals surface area contributed by atoms with E-state index < -0.39 is 10.0 Å². The maximum atomic E-state index is 12.6. The van der Waals surface area contributed by atoms with Gasteiger partial charge in [0.15, 0.2) is 0 Å². The van der Waals surface area contributed by atoms with Gasteiger partial charge in [0.05, 0.1) is 10.6 Å². The minimum absolute atomic E-state index is 0.0911. The number of rotatable bonds is 8. The Kier molecular flexibility index (Phi) is 6.28. The third-order valence-corrected chi connectivity index (χ3v) is 5.87. The van der Waals surface area contributed by atoms with Crippen LogP contribution in [0.1, 0.15) is 28.7 Å². The van der Waals surface area contributed by atoms with Crippen LogP contribution in [0, 0.1) is 6.92 Å². The number of aromatic nitrogens is 3. The van der Waals surface area contributed by atoms with Crippen molar-refractivity contribution in [3.63, 3.8) is 0 Å². The number of nitrogens with one attached hydrogen (secondary N) is 2. The largest absolute Gasteiger partial charge is 0.352 e. The summed E-state index contributed by atoms with van der Waals surface area (Å²) in [6, 6.07) is 13.0. The van der Waals surface area contributed by atoms with Gasteiger partial charge in [0.2, 0.25) is 0 Å². The molecule has 0 radical (unpaired) electrons. The highest BCUT2D eigenvalue weighted by Gasteiger charge is 2.16. The van der Waals surface area contributed by atoms with Gasteiger partial charge in [0, 0.05) is 25.1 Å². The number of hydrogen-bond donors (Lipinski definition) is 2. The lowest BCUT2D eigenvalue weighted by atomic mass is 10.2. The average Bonchev–Trinajstić information content (AvgIpc) is 3.17. The Balaban J connectivity index is 1.61. The standard InChI is InChI=1S/C20H23N5O3S/c1-3-25-14-22-23-19(25)12-13-21-20(26)16-8-10-17(11-9-16)29(27,28)24-18-7-5-4-6-15(18)2/h4-11,14,24H,3,12-13H2,1-2H3,(H,21,26). The maximum Gasteiger partial charge on any atom is 0.261 e. The van der Waals surface area contributed by atoms with E-state index in [1.807, 2.05) is 30.5 Å². The van der Waals surface area contributed by atoms with Gasteiger partial charge in [0.25, 0.3) is 15.9 Å². The number of para-hydroxylation sites is 1. The van der Waals surface area contributed by atoms with E-state index in [9.17, 15) is 13.2 Å². The molecule has 0 aliphatic heterocycles. The van der Waals surface area contributed by atoms with Crippen molar-refractivity contribution in [3.8, 4) is 0 Å². The molecule has 9 heteroatoms. The Morgan fingerprint density at radius 1 is 1.10 bits per heavy atom. The second-order valence-electron chi connectivity index (χ2n) is 6.48. The van der Waals surface area contributed by atoms with Gasteiger partial charge in [-0.1, -0.05) is 18.2 Å². The summed E-state index contributed by atoms with van der Waals surface area (Å²) in [7, 11) is -3.73. The second kappa shape index (κ2) is 8.87. The molecule has 29 heavy (non-hydrogen) atoms. The number of nitrogens with zero attached hydrogens (tertiary/aromatic N) is 3. The van der Waals surface area contributed by atoms with Crippen molar-refractivity contribution in [2.45, 2.75) is 31.7 Å². The Hall–Kier alpha value is -3.20. The summed E-state index contributed by atoms with van der Waals surface area (Å²) in [5.74, 6) is 0.528. The van der Waals surface area contributed by atoms with Crippen LogP contribution < -0.4 is 10.0 Å². The molecule has 0 unspecified atom stereocenters. The molecule has 0 saturated carbocycles. The van der Waals surface area contributed by atoms with Crippen LogP contribution in [-0.2, 0) is 23.0 Å². The van der Waals surface area contributed by atoms with Crippen molar-refractivity contribution in [2.75, 3.05) is 11.3 Å². The van der Waals surface area contributed by atoms with Gasteiger partial charge in [-0.3, -0.25) is 9.52 Å². The molecule has 2 N–H and O–H groups in total. The lowest BCUT2D eigenvalue weighted by Crippen LogP contribution is -2.26. The molecule has 0 saturated heterocycles. The quantitative estimate of drug-likeness (QED) is 0.590. The highest BCUT2D eigenvalue weighted by molar-refractivity contribution is 7.92. The first-order chi connectivity index (χ1) is 13.9. The fraction of sp³-hybridized carbons (Fsp3) is 0.250. The number of carbonyl (C=O) groups is 1. The van der Waals surface area contributed by atoms with Crippen LogP contribution in [0.5, 0.6) is 0 Å². The third-order valence-electron chi connectivity index (χ3n) is 4.49. The number of anilines is 1. The van der Waals surface area contributed by atoms with Gasteiger partial charge >= 0.3 is 0 Å². The molecule has 8 nitrogen and oxygen atoms in total. The molecular formula is C20H23N5O3S. The van der Waals surface area contributed by atoms with Crippen LogP contribution in [0.15, 0.2) is 59.8 Å². The molecule has 152 valence electrons. The SMILES string of the molecule is CCn1cnnc1CCNC(=O)c1ccc(S(=O)(=O)Nc2ccccc2C)cc1. The zero-order chi connectivity index (χ0) is 20.9. The van der Waals surface area contributed by atoms with Crippen LogP contribution in [0.2, 0.25) is 0 Å². The summed E-state index contributed by atoms with van der Waals surface area (Å²) in [6.45, 7) is 5.00. The Morgan fingerprint density at radius 2 is 1.83 bits per heavy atom. The van der Waals surface area contributed by atoms with Crippen molar-refractivity contribution < 1.29 is 13.2 Å². The highest BCUT2D eigenvalue weighted by atomic mass is 32.2. The molecule has 1 aromatic heterocycles. The molecule has 2 aromatic carbocycles. The summed E-state index contributed by atoms with van der Waals surface area (Å²) < 4.78 is 29.6. The number of hydrogen-bond acceptors (Lipinski definition) is 5. The van der Waals surface area contributed by atoms with Crippen LogP contribution in [0.25, 0.3) is 0 Å². The van der Waals surface area contributed by atoms with Crippen molar-refractivity contribution >= 4 is 21.6 Å². The van der Waals surface area contributed by atoms with Crippen LogP contribution in [0.4, 0.5) is 5.69 Å². The zero-order valence-electron chi connectivity index (χ0n) is 16.3. The first-order valence-electron chi connectivity index (χ1n) is 9.24. The summed E-state index contributed by atoms with van der Waals surface area (Å²) >= 11 is 0. The molecule has 0 bridgehead atoms. The van der Waals surface area contributed by atoms with Crippen molar-refractivity contribution in [3.05, 3.63) is 71.8 Å². The van der Waals surface area contributed by atoms with E-state index in [0.29, 0.717) is 24.2 Å². The minimum Gasteiger partial charge on any atom is -0.352 e. The van der Waals surface area contributed by atoms with E-state index >= 15 is 0 Å². The molecule has 0 aliphatic carbocycles. The van der Waals surface area contributed by atoms with E-state index in [2.05, 4.69) is 20.2 Å².